The minimum atomic E-state index is -3.59. The van der Waals surface area contributed by atoms with E-state index in [4.69, 9.17) is 0 Å². The summed E-state index contributed by atoms with van der Waals surface area (Å²) in [7, 11) is -3.59. The predicted molar refractivity (Wildman–Crippen MR) is 94.2 cm³/mol. The van der Waals surface area contributed by atoms with E-state index < -0.39 is 16.1 Å². The fraction of sp³-hybridized carbons (Fsp3) is 0.118. The molecule has 2 aromatic carbocycles. The van der Waals surface area contributed by atoms with Crippen LogP contribution in [0.25, 0.3) is 10.8 Å². The molecule has 0 aliphatic rings. The molecule has 1 atom stereocenters. The van der Waals surface area contributed by atoms with E-state index >= 15 is 0 Å². The highest BCUT2D eigenvalue weighted by atomic mass is 35.5. The molecule has 1 heterocycles. The summed E-state index contributed by atoms with van der Waals surface area (Å²) in [4.78, 5) is 4.44. The number of rotatable bonds is 4. The zero-order chi connectivity index (χ0) is 15.6. The van der Waals surface area contributed by atoms with Gasteiger partial charge in [-0.05, 0) is 42.0 Å². The summed E-state index contributed by atoms with van der Waals surface area (Å²) in [6.07, 6.45) is 1.65. The molecule has 0 saturated carbocycles. The van der Waals surface area contributed by atoms with Gasteiger partial charge in [0.25, 0.3) is 0 Å². The monoisotopic (exact) mass is 348 g/mol. The number of hydrogen-bond donors (Lipinski definition) is 1. The van der Waals surface area contributed by atoms with Crippen LogP contribution in [0.3, 0.4) is 0 Å². The van der Waals surface area contributed by atoms with Gasteiger partial charge in [0.2, 0.25) is 10.0 Å². The average molecular weight is 349 g/mol. The van der Waals surface area contributed by atoms with Crippen molar-refractivity contribution in [1.29, 1.82) is 0 Å². The first-order chi connectivity index (χ1) is 10.6. The Morgan fingerprint density at radius 3 is 2.35 bits per heavy atom. The van der Waals surface area contributed by atoms with Crippen LogP contribution in [-0.2, 0) is 10.0 Å². The van der Waals surface area contributed by atoms with Gasteiger partial charge in [0, 0.05) is 6.20 Å². The third-order valence-corrected chi connectivity index (χ3v) is 5.03. The lowest BCUT2D eigenvalue weighted by Gasteiger charge is -2.14. The highest BCUT2D eigenvalue weighted by molar-refractivity contribution is 7.89. The van der Waals surface area contributed by atoms with Crippen molar-refractivity contribution in [2.75, 3.05) is 0 Å². The van der Waals surface area contributed by atoms with Crippen molar-refractivity contribution in [2.24, 2.45) is 0 Å². The fourth-order valence-electron chi connectivity index (χ4n) is 2.33. The van der Waals surface area contributed by atoms with Crippen molar-refractivity contribution in [3.05, 3.63) is 72.6 Å². The lowest BCUT2D eigenvalue weighted by molar-refractivity contribution is 0.564. The molecule has 1 unspecified atom stereocenters. The minimum Gasteiger partial charge on any atom is -0.260 e. The quantitative estimate of drug-likeness (QED) is 0.782. The average Bonchev–Trinajstić information content (AvgIpc) is 2.55. The number of nitrogens with one attached hydrogen (secondary N) is 1. The second kappa shape index (κ2) is 7.08. The second-order valence-electron chi connectivity index (χ2n) is 5.11. The molecule has 0 saturated heterocycles. The van der Waals surface area contributed by atoms with Crippen LogP contribution < -0.4 is 4.72 Å². The first-order valence-corrected chi connectivity index (χ1v) is 8.47. The summed E-state index contributed by atoms with van der Waals surface area (Å²) in [6, 6.07) is 17.8. The summed E-state index contributed by atoms with van der Waals surface area (Å²) in [5, 5.41) is 1.91. The van der Waals surface area contributed by atoms with E-state index in [0.717, 1.165) is 10.8 Å². The first kappa shape index (κ1) is 17.4. The first-order valence-electron chi connectivity index (χ1n) is 6.98. The number of pyridine rings is 1. The van der Waals surface area contributed by atoms with Crippen molar-refractivity contribution in [1.82, 2.24) is 9.71 Å². The molecule has 0 amide bonds. The molecular formula is C17H17ClN2O2S. The van der Waals surface area contributed by atoms with Gasteiger partial charge in [0.1, 0.15) is 0 Å². The van der Waals surface area contributed by atoms with Crippen LogP contribution in [-0.4, -0.2) is 13.4 Å². The predicted octanol–water partition coefficient (Wildman–Crippen LogP) is 3.70. The SMILES string of the molecule is CC(NS(=O)(=O)c1ccc2ccccc2c1)c1ccccn1.Cl. The Kier molecular flexibility index (Phi) is 5.36. The highest BCUT2D eigenvalue weighted by Crippen LogP contribution is 2.20. The molecule has 3 aromatic rings. The van der Waals surface area contributed by atoms with Crippen LogP contribution in [0.2, 0.25) is 0 Å². The third-order valence-electron chi connectivity index (χ3n) is 3.49. The van der Waals surface area contributed by atoms with E-state index in [1.807, 2.05) is 36.4 Å². The molecule has 0 spiro atoms. The fourth-order valence-corrected chi connectivity index (χ4v) is 3.58. The van der Waals surface area contributed by atoms with Crippen molar-refractivity contribution in [3.63, 3.8) is 0 Å². The molecule has 3 rings (SSSR count). The molecule has 0 bridgehead atoms. The number of fused-ring (bicyclic) bond motifs is 1. The molecular weight excluding hydrogens is 332 g/mol. The van der Waals surface area contributed by atoms with Gasteiger partial charge in [-0.2, -0.15) is 0 Å². The van der Waals surface area contributed by atoms with Crippen LogP contribution in [0, 0.1) is 0 Å². The van der Waals surface area contributed by atoms with E-state index in [0.29, 0.717) is 5.69 Å². The smallest absolute Gasteiger partial charge is 0.241 e. The molecule has 6 heteroatoms. The van der Waals surface area contributed by atoms with E-state index in [2.05, 4.69) is 9.71 Å². The van der Waals surface area contributed by atoms with Crippen LogP contribution in [0.15, 0.2) is 71.8 Å². The Bertz CT molecular complexity index is 899. The van der Waals surface area contributed by atoms with Gasteiger partial charge in [-0.1, -0.05) is 36.4 Å². The summed E-state index contributed by atoms with van der Waals surface area (Å²) in [5.41, 5.74) is 0.687. The third kappa shape index (κ3) is 3.88. The Hall–Kier alpha value is -1.95. The van der Waals surface area contributed by atoms with E-state index in [9.17, 15) is 8.42 Å². The maximum Gasteiger partial charge on any atom is 0.241 e. The number of benzene rings is 2. The van der Waals surface area contributed by atoms with Crippen LogP contribution in [0.4, 0.5) is 0 Å². The Morgan fingerprint density at radius 2 is 1.65 bits per heavy atom. The zero-order valence-corrected chi connectivity index (χ0v) is 14.1. The molecule has 0 fully saturated rings. The van der Waals surface area contributed by atoms with Gasteiger partial charge < -0.3 is 0 Å². The van der Waals surface area contributed by atoms with Crippen LogP contribution in [0.1, 0.15) is 18.7 Å². The summed E-state index contributed by atoms with van der Waals surface area (Å²) >= 11 is 0. The molecule has 23 heavy (non-hydrogen) atoms. The highest BCUT2D eigenvalue weighted by Gasteiger charge is 2.19. The normalized spacial score (nSPS) is 12.6. The summed E-state index contributed by atoms with van der Waals surface area (Å²) < 4.78 is 27.7. The minimum absolute atomic E-state index is 0. The van der Waals surface area contributed by atoms with E-state index in [1.54, 1.807) is 37.4 Å². The Morgan fingerprint density at radius 1 is 0.957 bits per heavy atom. The molecule has 1 aromatic heterocycles. The molecule has 120 valence electrons. The second-order valence-corrected chi connectivity index (χ2v) is 6.82. The maximum absolute atomic E-state index is 12.5. The summed E-state index contributed by atoms with van der Waals surface area (Å²) in [6.45, 7) is 1.78. The standard InChI is InChI=1S/C17H16N2O2S.ClH/c1-13(17-8-4-5-11-18-17)19-22(20,21)16-10-9-14-6-2-3-7-15(14)12-16;/h2-13,19H,1H3;1H. The van der Waals surface area contributed by atoms with Crippen LogP contribution in [0.5, 0.6) is 0 Å². The Balaban J connectivity index is 0.00000192. The lowest BCUT2D eigenvalue weighted by atomic mass is 10.1. The van der Waals surface area contributed by atoms with Gasteiger partial charge in [0.15, 0.2) is 0 Å². The van der Waals surface area contributed by atoms with Gasteiger partial charge in [-0.15, -0.1) is 12.4 Å². The number of nitrogens with zero attached hydrogens (tertiary/aromatic N) is 1. The van der Waals surface area contributed by atoms with Crippen molar-refractivity contribution >= 4 is 33.2 Å². The molecule has 0 aliphatic carbocycles. The van der Waals surface area contributed by atoms with E-state index in [-0.39, 0.29) is 17.3 Å². The molecule has 0 radical (unpaired) electrons. The molecule has 1 N–H and O–H groups in total. The maximum atomic E-state index is 12.5. The van der Waals surface area contributed by atoms with Crippen molar-refractivity contribution in [3.8, 4) is 0 Å². The number of hydrogen-bond acceptors (Lipinski definition) is 3. The largest absolute Gasteiger partial charge is 0.260 e. The molecule has 4 nitrogen and oxygen atoms in total. The molecule has 0 aliphatic heterocycles. The van der Waals surface area contributed by atoms with Gasteiger partial charge in [0.05, 0.1) is 16.6 Å². The topological polar surface area (TPSA) is 59.1 Å². The van der Waals surface area contributed by atoms with Crippen molar-refractivity contribution < 1.29 is 8.42 Å². The van der Waals surface area contributed by atoms with E-state index in [1.165, 1.54) is 0 Å². The number of sulfonamides is 1. The summed E-state index contributed by atoms with van der Waals surface area (Å²) in [5.74, 6) is 0. The zero-order valence-electron chi connectivity index (χ0n) is 12.5. The number of aromatic nitrogens is 1. The number of halogens is 1. The van der Waals surface area contributed by atoms with Gasteiger partial charge >= 0.3 is 0 Å². The van der Waals surface area contributed by atoms with Gasteiger partial charge in [-0.3, -0.25) is 4.98 Å². The lowest BCUT2D eigenvalue weighted by Crippen LogP contribution is -2.27. The van der Waals surface area contributed by atoms with Gasteiger partial charge in [-0.25, -0.2) is 13.1 Å². The van der Waals surface area contributed by atoms with Crippen LogP contribution >= 0.6 is 12.4 Å². The Labute approximate surface area is 142 Å². The van der Waals surface area contributed by atoms with Crippen molar-refractivity contribution in [2.45, 2.75) is 17.9 Å².